The van der Waals surface area contributed by atoms with Gasteiger partial charge < -0.3 is 9.47 Å². The van der Waals surface area contributed by atoms with Crippen molar-refractivity contribution in [3.63, 3.8) is 0 Å². The lowest BCUT2D eigenvalue weighted by atomic mass is 9.77. The molecule has 0 radical (unpaired) electrons. The van der Waals surface area contributed by atoms with E-state index in [9.17, 15) is 4.79 Å². The monoisotopic (exact) mass is 464 g/mol. The highest BCUT2D eigenvalue weighted by Crippen LogP contribution is 2.37. The fourth-order valence-corrected chi connectivity index (χ4v) is 5.02. The predicted molar refractivity (Wildman–Crippen MR) is 141 cm³/mol. The first-order valence-corrected chi connectivity index (χ1v) is 13.6. The Morgan fingerprint density at radius 1 is 0.882 bits per heavy atom. The molecule has 1 aliphatic carbocycles. The molecule has 0 saturated heterocycles. The van der Waals surface area contributed by atoms with Crippen LogP contribution in [0.4, 0.5) is 0 Å². The summed E-state index contributed by atoms with van der Waals surface area (Å²) < 4.78 is 11.4. The van der Waals surface area contributed by atoms with Crippen molar-refractivity contribution in [2.45, 2.75) is 97.3 Å². The van der Waals surface area contributed by atoms with Crippen molar-refractivity contribution in [2.75, 3.05) is 6.61 Å². The Bertz CT molecular complexity index is 832. The molecule has 1 saturated carbocycles. The quantitative estimate of drug-likeness (QED) is 0.168. The van der Waals surface area contributed by atoms with Gasteiger partial charge in [-0.25, -0.2) is 4.79 Å². The molecule has 3 nitrogen and oxygen atoms in total. The van der Waals surface area contributed by atoms with Gasteiger partial charge in [0.1, 0.15) is 11.5 Å². The van der Waals surface area contributed by atoms with Gasteiger partial charge in [-0.05, 0) is 91.8 Å². The molecule has 3 rings (SSSR count). The summed E-state index contributed by atoms with van der Waals surface area (Å²) in [6, 6.07) is 15.4. The van der Waals surface area contributed by atoms with Crippen LogP contribution in [0.3, 0.4) is 0 Å². The van der Waals surface area contributed by atoms with E-state index >= 15 is 0 Å². The van der Waals surface area contributed by atoms with Gasteiger partial charge in [-0.3, -0.25) is 0 Å². The predicted octanol–water partition coefficient (Wildman–Crippen LogP) is 8.97. The molecule has 186 valence electrons. The molecule has 0 N–H and O–H groups in total. The normalized spacial score (nSPS) is 18.9. The minimum absolute atomic E-state index is 0.329. The smallest absolute Gasteiger partial charge is 0.343 e. The van der Waals surface area contributed by atoms with E-state index in [0.717, 1.165) is 30.6 Å². The standard InChI is InChI=1S/C31H44O3/c1-4-9-25-11-13-26(14-12-25)27-15-21-30(22-16-27)34-31(32)28-17-19-29(20-18-28)33-23-8-6-7-10-24(3)5-2/h15-22,24-26H,4-14,23H2,1-3H3/t24-,25-,26-/m0/s1. The zero-order valence-corrected chi connectivity index (χ0v) is 21.6. The van der Waals surface area contributed by atoms with Gasteiger partial charge in [-0.2, -0.15) is 0 Å². The van der Waals surface area contributed by atoms with Gasteiger partial charge in [0.05, 0.1) is 12.2 Å². The molecule has 2 aromatic carbocycles. The molecule has 0 heterocycles. The molecule has 0 amide bonds. The van der Waals surface area contributed by atoms with E-state index in [1.807, 2.05) is 24.3 Å². The first-order chi connectivity index (χ1) is 16.6. The first kappa shape index (κ1) is 26.3. The Kier molecular flexibility index (Phi) is 11.0. The van der Waals surface area contributed by atoms with E-state index in [1.165, 1.54) is 69.8 Å². The van der Waals surface area contributed by atoms with Gasteiger partial charge >= 0.3 is 5.97 Å². The fraction of sp³-hybridized carbons (Fsp3) is 0.581. The number of rotatable bonds is 13. The summed E-state index contributed by atoms with van der Waals surface area (Å²) in [5, 5.41) is 0. The van der Waals surface area contributed by atoms with Crippen molar-refractivity contribution in [1.29, 1.82) is 0 Å². The molecule has 0 aliphatic heterocycles. The zero-order valence-electron chi connectivity index (χ0n) is 21.6. The summed E-state index contributed by atoms with van der Waals surface area (Å²) in [7, 11) is 0. The maximum Gasteiger partial charge on any atom is 0.343 e. The minimum Gasteiger partial charge on any atom is -0.494 e. The summed E-state index contributed by atoms with van der Waals surface area (Å²) >= 11 is 0. The number of benzene rings is 2. The van der Waals surface area contributed by atoms with E-state index in [-0.39, 0.29) is 5.97 Å². The number of esters is 1. The van der Waals surface area contributed by atoms with Crippen LogP contribution in [0, 0.1) is 11.8 Å². The van der Waals surface area contributed by atoms with Crippen LogP contribution in [-0.2, 0) is 0 Å². The lowest BCUT2D eigenvalue weighted by Gasteiger charge is -2.28. The summed E-state index contributed by atoms with van der Waals surface area (Å²) in [5.41, 5.74) is 1.91. The lowest BCUT2D eigenvalue weighted by molar-refractivity contribution is 0.0734. The third-order valence-electron chi connectivity index (χ3n) is 7.50. The van der Waals surface area contributed by atoms with Crippen LogP contribution < -0.4 is 9.47 Å². The molecular weight excluding hydrogens is 420 g/mol. The summed E-state index contributed by atoms with van der Waals surface area (Å²) in [5.74, 6) is 3.46. The third kappa shape index (κ3) is 8.49. The van der Waals surface area contributed by atoms with E-state index in [4.69, 9.17) is 9.47 Å². The third-order valence-corrected chi connectivity index (χ3v) is 7.50. The molecule has 1 atom stereocenters. The highest BCUT2D eigenvalue weighted by Gasteiger charge is 2.22. The second kappa shape index (κ2) is 14.2. The molecule has 1 aliphatic rings. The van der Waals surface area contributed by atoms with Crippen LogP contribution >= 0.6 is 0 Å². The topological polar surface area (TPSA) is 35.5 Å². The van der Waals surface area contributed by atoms with Gasteiger partial charge in [0.25, 0.3) is 0 Å². The van der Waals surface area contributed by atoms with Crippen molar-refractivity contribution >= 4 is 5.97 Å². The number of hydrogen-bond acceptors (Lipinski definition) is 3. The van der Waals surface area contributed by atoms with E-state index < -0.39 is 0 Å². The Hall–Kier alpha value is -2.29. The van der Waals surface area contributed by atoms with Crippen molar-refractivity contribution in [3.05, 3.63) is 59.7 Å². The molecule has 1 fully saturated rings. The minimum atomic E-state index is -0.329. The number of ether oxygens (including phenoxy) is 2. The van der Waals surface area contributed by atoms with Crippen LogP contribution in [-0.4, -0.2) is 12.6 Å². The second-order valence-corrected chi connectivity index (χ2v) is 10.2. The van der Waals surface area contributed by atoms with E-state index in [1.54, 1.807) is 12.1 Å². The molecular formula is C31H44O3. The average molecular weight is 465 g/mol. The van der Waals surface area contributed by atoms with Crippen molar-refractivity contribution in [3.8, 4) is 11.5 Å². The summed E-state index contributed by atoms with van der Waals surface area (Å²) in [6.07, 6.45) is 14.0. The number of hydrogen-bond donors (Lipinski definition) is 0. The van der Waals surface area contributed by atoms with Gasteiger partial charge in [0, 0.05) is 0 Å². The average Bonchev–Trinajstić information content (AvgIpc) is 2.87. The second-order valence-electron chi connectivity index (χ2n) is 10.2. The highest BCUT2D eigenvalue weighted by atomic mass is 16.5. The van der Waals surface area contributed by atoms with Crippen molar-refractivity contribution in [1.82, 2.24) is 0 Å². The molecule has 0 spiro atoms. The van der Waals surface area contributed by atoms with Crippen LogP contribution in [0.25, 0.3) is 0 Å². The molecule has 2 aromatic rings. The Labute approximate surface area is 207 Å². The Balaban J connectivity index is 1.39. The van der Waals surface area contributed by atoms with Gasteiger partial charge in [0.2, 0.25) is 0 Å². The molecule has 34 heavy (non-hydrogen) atoms. The first-order valence-electron chi connectivity index (χ1n) is 13.6. The maximum atomic E-state index is 12.6. The number of carbonyl (C=O) groups excluding carboxylic acids is 1. The zero-order chi connectivity index (χ0) is 24.2. The summed E-state index contributed by atoms with van der Waals surface area (Å²) in [4.78, 5) is 12.6. The van der Waals surface area contributed by atoms with Crippen molar-refractivity contribution < 1.29 is 14.3 Å². The van der Waals surface area contributed by atoms with Crippen LogP contribution in [0.1, 0.15) is 113 Å². The van der Waals surface area contributed by atoms with Crippen molar-refractivity contribution in [2.24, 2.45) is 11.8 Å². The fourth-order valence-electron chi connectivity index (χ4n) is 5.02. The van der Waals surface area contributed by atoms with Gasteiger partial charge in [0.15, 0.2) is 0 Å². The number of unbranched alkanes of at least 4 members (excludes halogenated alkanes) is 2. The highest BCUT2D eigenvalue weighted by molar-refractivity contribution is 5.91. The Morgan fingerprint density at radius 3 is 2.21 bits per heavy atom. The van der Waals surface area contributed by atoms with E-state index in [0.29, 0.717) is 17.2 Å². The molecule has 0 bridgehead atoms. The number of carbonyl (C=O) groups is 1. The van der Waals surface area contributed by atoms with E-state index in [2.05, 4.69) is 32.9 Å². The lowest BCUT2D eigenvalue weighted by Crippen LogP contribution is -2.13. The summed E-state index contributed by atoms with van der Waals surface area (Å²) in [6.45, 7) is 7.57. The Morgan fingerprint density at radius 2 is 1.56 bits per heavy atom. The largest absolute Gasteiger partial charge is 0.494 e. The van der Waals surface area contributed by atoms with Crippen LogP contribution in [0.2, 0.25) is 0 Å². The SMILES string of the molecule is CCC[C@H]1CC[C@H](c2ccc(OC(=O)c3ccc(OCCCCC[C@@H](C)CC)cc3)cc2)CC1. The maximum absolute atomic E-state index is 12.6. The van der Waals surface area contributed by atoms with Gasteiger partial charge in [-0.1, -0.05) is 71.4 Å². The molecule has 3 heteroatoms. The van der Waals surface area contributed by atoms with Crippen LogP contribution in [0.5, 0.6) is 11.5 Å². The molecule has 0 aromatic heterocycles. The molecule has 0 unspecified atom stereocenters. The van der Waals surface area contributed by atoms with Crippen LogP contribution in [0.15, 0.2) is 48.5 Å². The van der Waals surface area contributed by atoms with Gasteiger partial charge in [-0.15, -0.1) is 0 Å².